The fraction of sp³-hybridized carbons (Fsp3) is 0.857. The van der Waals surface area contributed by atoms with Gasteiger partial charge in [0.15, 0.2) is 11.7 Å². The molecule has 214 valence electrons. The molecule has 3 saturated heterocycles. The third kappa shape index (κ3) is 4.98. The van der Waals surface area contributed by atoms with Crippen LogP contribution in [0.5, 0.6) is 0 Å². The van der Waals surface area contributed by atoms with Crippen LogP contribution in [0.1, 0.15) is 65.2 Å². The summed E-state index contributed by atoms with van der Waals surface area (Å²) in [4.78, 5) is 28.5. The molecular formula is C28H43NO9. The quantitative estimate of drug-likeness (QED) is 0.444. The largest absolute Gasteiger partial charge is 0.497 e. The van der Waals surface area contributed by atoms with Crippen molar-refractivity contribution in [2.24, 2.45) is 17.8 Å². The van der Waals surface area contributed by atoms with Gasteiger partial charge < -0.3 is 33.9 Å². The van der Waals surface area contributed by atoms with Gasteiger partial charge in [0.25, 0.3) is 0 Å². The van der Waals surface area contributed by atoms with Crippen LogP contribution in [-0.4, -0.2) is 96.2 Å². The highest BCUT2D eigenvalue weighted by Gasteiger charge is 2.63. The predicted octanol–water partition coefficient (Wildman–Crippen LogP) is 1.91. The molecule has 8 atom stereocenters. The predicted molar refractivity (Wildman–Crippen MR) is 135 cm³/mol. The number of hydrogen-bond donors (Lipinski definition) is 2. The summed E-state index contributed by atoms with van der Waals surface area (Å²) in [7, 11) is 2.80. The summed E-state index contributed by atoms with van der Waals surface area (Å²) in [5.74, 6) is -0.494. The highest BCUT2D eigenvalue weighted by molar-refractivity contribution is 5.86. The van der Waals surface area contributed by atoms with Crippen LogP contribution in [0.25, 0.3) is 0 Å². The first-order valence-corrected chi connectivity index (χ1v) is 14.0. The Morgan fingerprint density at radius 3 is 2.55 bits per heavy atom. The topological polar surface area (TPSA) is 124 Å². The summed E-state index contributed by atoms with van der Waals surface area (Å²) in [6.45, 7) is 5.44. The molecular weight excluding hydrogens is 494 g/mol. The molecule has 38 heavy (non-hydrogen) atoms. The van der Waals surface area contributed by atoms with Crippen molar-refractivity contribution < 1.29 is 43.5 Å². The molecule has 0 aromatic carbocycles. The van der Waals surface area contributed by atoms with Gasteiger partial charge in [-0.15, -0.1) is 0 Å². The van der Waals surface area contributed by atoms with Gasteiger partial charge in [0.2, 0.25) is 0 Å². The molecule has 0 amide bonds. The van der Waals surface area contributed by atoms with Crippen LogP contribution >= 0.6 is 0 Å². The minimum absolute atomic E-state index is 0.0206. The summed E-state index contributed by atoms with van der Waals surface area (Å²) >= 11 is 0. The number of fused-ring (bicyclic) bond motifs is 3. The molecule has 1 spiro atoms. The fourth-order valence-corrected chi connectivity index (χ4v) is 7.75. The summed E-state index contributed by atoms with van der Waals surface area (Å²) in [6, 6.07) is 0. The van der Waals surface area contributed by atoms with E-state index in [4.69, 9.17) is 23.7 Å². The Hall–Kier alpha value is -1.72. The average molecular weight is 538 g/mol. The van der Waals surface area contributed by atoms with Gasteiger partial charge in [-0.05, 0) is 89.8 Å². The molecule has 0 bridgehead atoms. The van der Waals surface area contributed by atoms with Crippen molar-refractivity contribution in [1.29, 1.82) is 0 Å². The number of rotatable bonds is 8. The molecule has 2 aliphatic carbocycles. The molecule has 0 aromatic heterocycles. The number of carbonyl (C=O) groups is 2. The molecule has 3 aliphatic heterocycles. The first-order chi connectivity index (χ1) is 18.0. The van der Waals surface area contributed by atoms with Gasteiger partial charge in [0.05, 0.1) is 38.4 Å². The van der Waals surface area contributed by atoms with E-state index >= 15 is 0 Å². The van der Waals surface area contributed by atoms with Crippen molar-refractivity contribution in [3.05, 3.63) is 11.8 Å². The van der Waals surface area contributed by atoms with Gasteiger partial charge >= 0.3 is 11.9 Å². The number of nitrogens with zero attached hydrogens (tertiary/aromatic N) is 1. The minimum atomic E-state index is -2.14. The lowest BCUT2D eigenvalue weighted by Crippen LogP contribution is -2.54. The first-order valence-electron chi connectivity index (χ1n) is 14.0. The van der Waals surface area contributed by atoms with E-state index in [1.807, 2.05) is 0 Å². The molecule has 5 rings (SSSR count). The molecule has 10 heteroatoms. The lowest BCUT2D eigenvalue weighted by molar-refractivity contribution is -0.183. The Labute approximate surface area is 224 Å². The maximum atomic E-state index is 13.7. The number of hydrogen-bond acceptors (Lipinski definition) is 10. The van der Waals surface area contributed by atoms with E-state index in [9.17, 15) is 19.8 Å². The number of carbonyl (C=O) groups excluding carboxylic acids is 2. The second-order valence-electron chi connectivity index (χ2n) is 12.5. The molecule has 8 unspecified atom stereocenters. The number of esters is 2. The maximum absolute atomic E-state index is 13.7. The second kappa shape index (κ2) is 10.4. The lowest BCUT2D eigenvalue weighted by atomic mass is 9.64. The second-order valence-corrected chi connectivity index (χ2v) is 12.5. The zero-order valence-electron chi connectivity index (χ0n) is 23.0. The zero-order chi connectivity index (χ0) is 27.3. The van der Waals surface area contributed by atoms with Crippen molar-refractivity contribution in [2.45, 2.75) is 100 Å². The maximum Gasteiger partial charge on any atom is 0.339 e. The van der Waals surface area contributed by atoms with Crippen LogP contribution in [0.4, 0.5) is 0 Å². The van der Waals surface area contributed by atoms with Gasteiger partial charge in [-0.1, -0.05) is 0 Å². The Morgan fingerprint density at radius 2 is 1.87 bits per heavy atom. The van der Waals surface area contributed by atoms with E-state index in [2.05, 4.69) is 11.0 Å². The minimum Gasteiger partial charge on any atom is -0.497 e. The summed E-state index contributed by atoms with van der Waals surface area (Å²) in [5.41, 5.74) is -3.57. The molecule has 0 radical (unpaired) electrons. The molecule has 0 aromatic rings. The molecule has 10 nitrogen and oxygen atoms in total. The van der Waals surface area contributed by atoms with Gasteiger partial charge in [0, 0.05) is 11.5 Å². The Bertz CT molecular complexity index is 947. The van der Waals surface area contributed by atoms with E-state index in [1.165, 1.54) is 7.11 Å². The molecule has 2 N–H and O–H groups in total. The standard InChI is InChI=1S/C28H43NO9/c1-26(2,32)8-9-28(33,15-22(30)35-4)25(31)38-24-21(34-3)14-27-7-5-10-29(27)11-6-17-12-19-20(37-16-36-19)13-18(17)23(24)27/h14,17-20,23-24,32-33H,5-13,15-16H2,1-4H3. The van der Waals surface area contributed by atoms with Gasteiger partial charge in [-0.25, -0.2) is 4.79 Å². The summed E-state index contributed by atoms with van der Waals surface area (Å²) < 4.78 is 28.6. The van der Waals surface area contributed by atoms with Crippen LogP contribution in [0, 0.1) is 17.8 Å². The number of methoxy groups -OCH3 is 2. The van der Waals surface area contributed by atoms with E-state index < -0.39 is 35.7 Å². The lowest BCUT2D eigenvalue weighted by Gasteiger charge is -2.46. The van der Waals surface area contributed by atoms with Gasteiger partial charge in [0.1, 0.15) is 12.6 Å². The number of ether oxygens (including phenoxy) is 5. The van der Waals surface area contributed by atoms with E-state index in [-0.39, 0.29) is 42.4 Å². The highest BCUT2D eigenvalue weighted by atomic mass is 16.7. The monoisotopic (exact) mass is 537 g/mol. The molecule has 1 saturated carbocycles. The Kier molecular flexibility index (Phi) is 7.58. The molecule has 5 aliphatic rings. The van der Waals surface area contributed by atoms with Crippen molar-refractivity contribution in [1.82, 2.24) is 4.90 Å². The average Bonchev–Trinajstić information content (AvgIpc) is 3.56. The smallest absolute Gasteiger partial charge is 0.339 e. The Balaban J connectivity index is 1.47. The first kappa shape index (κ1) is 27.8. The SMILES string of the molecule is COC(=O)CC(O)(CCC(C)(C)O)C(=O)OC1C(OC)=CC23CCCN2CCC2CC4OCOC4CC2C13. The third-order valence-corrected chi connectivity index (χ3v) is 9.69. The van der Waals surface area contributed by atoms with Crippen molar-refractivity contribution in [3.8, 4) is 0 Å². The van der Waals surface area contributed by atoms with Crippen LogP contribution in [-0.2, 0) is 33.3 Å². The summed E-state index contributed by atoms with van der Waals surface area (Å²) in [5, 5.41) is 21.7. The normalized spacial score (nSPS) is 38.1. The van der Waals surface area contributed by atoms with Crippen LogP contribution in [0.15, 0.2) is 11.8 Å². The van der Waals surface area contributed by atoms with Gasteiger partial charge in [-0.3, -0.25) is 9.69 Å². The summed E-state index contributed by atoms with van der Waals surface area (Å²) in [6.07, 6.45) is 5.73. The van der Waals surface area contributed by atoms with E-state index in [0.717, 1.165) is 45.2 Å². The van der Waals surface area contributed by atoms with E-state index in [0.29, 0.717) is 18.5 Å². The van der Waals surface area contributed by atoms with Crippen molar-refractivity contribution in [2.75, 3.05) is 34.1 Å². The van der Waals surface area contributed by atoms with Crippen molar-refractivity contribution in [3.63, 3.8) is 0 Å². The molecule has 3 heterocycles. The van der Waals surface area contributed by atoms with Crippen LogP contribution < -0.4 is 0 Å². The highest BCUT2D eigenvalue weighted by Crippen LogP contribution is 2.57. The van der Waals surface area contributed by atoms with Crippen LogP contribution in [0.2, 0.25) is 0 Å². The van der Waals surface area contributed by atoms with Crippen LogP contribution in [0.3, 0.4) is 0 Å². The van der Waals surface area contributed by atoms with Gasteiger partial charge in [-0.2, -0.15) is 0 Å². The zero-order valence-corrected chi connectivity index (χ0v) is 23.0. The Morgan fingerprint density at radius 1 is 1.13 bits per heavy atom. The third-order valence-electron chi connectivity index (χ3n) is 9.69. The number of aliphatic hydroxyl groups is 2. The molecule has 4 fully saturated rings. The fourth-order valence-electron chi connectivity index (χ4n) is 7.75. The van der Waals surface area contributed by atoms with Crippen molar-refractivity contribution >= 4 is 11.9 Å². The van der Waals surface area contributed by atoms with E-state index in [1.54, 1.807) is 21.0 Å².